The number of para-hydroxylation sites is 2. The van der Waals surface area contributed by atoms with Crippen LogP contribution in [0.25, 0.3) is 6.08 Å². The number of hydrogen-bond acceptors (Lipinski definition) is 7. The number of aromatic nitrogens is 1. The van der Waals surface area contributed by atoms with Gasteiger partial charge in [-0.25, -0.2) is 8.42 Å². The second kappa shape index (κ2) is 10.2. The van der Waals surface area contributed by atoms with Crippen molar-refractivity contribution in [3.05, 3.63) is 41.9 Å². The molecule has 32 heavy (non-hydrogen) atoms. The number of rotatable bonds is 8. The van der Waals surface area contributed by atoms with Crippen molar-refractivity contribution in [2.45, 2.75) is 31.6 Å². The second-order valence-electron chi connectivity index (χ2n) is 7.86. The largest absolute Gasteiger partial charge is 0.492 e. The molecule has 2 aromatic rings. The van der Waals surface area contributed by atoms with Gasteiger partial charge in [-0.3, -0.25) is 4.79 Å². The molecular formula is C22H30N4O5S. The molecular weight excluding hydrogens is 432 g/mol. The third-order valence-corrected chi connectivity index (χ3v) is 7.18. The highest BCUT2D eigenvalue weighted by Crippen LogP contribution is 2.30. The van der Waals surface area contributed by atoms with Crippen LogP contribution in [0.1, 0.15) is 31.2 Å². The van der Waals surface area contributed by atoms with E-state index in [1.807, 2.05) is 33.2 Å². The summed E-state index contributed by atoms with van der Waals surface area (Å²) in [6, 6.07) is 7.20. The predicted octanol–water partition coefficient (Wildman–Crippen LogP) is 2.95. The Bertz CT molecular complexity index is 1080. The number of anilines is 1. The molecule has 0 bridgehead atoms. The van der Waals surface area contributed by atoms with Gasteiger partial charge in [0.15, 0.2) is 10.7 Å². The molecule has 1 aromatic carbocycles. The first kappa shape index (κ1) is 23.8. The highest BCUT2D eigenvalue weighted by Gasteiger charge is 2.37. The van der Waals surface area contributed by atoms with Crippen LogP contribution in [0.3, 0.4) is 0 Å². The number of aryl methyl sites for hydroxylation is 1. The zero-order valence-corrected chi connectivity index (χ0v) is 19.7. The summed E-state index contributed by atoms with van der Waals surface area (Å²) in [4.78, 5) is 14.8. The maximum absolute atomic E-state index is 13.4. The Morgan fingerprint density at radius 1 is 1.38 bits per heavy atom. The maximum Gasteiger partial charge on any atom is 0.248 e. The van der Waals surface area contributed by atoms with Gasteiger partial charge >= 0.3 is 0 Å². The Morgan fingerprint density at radius 3 is 2.84 bits per heavy atom. The molecule has 1 atom stereocenters. The average Bonchev–Trinajstić information content (AvgIpc) is 3.15. The first-order valence-electron chi connectivity index (χ1n) is 10.6. The lowest BCUT2D eigenvalue weighted by molar-refractivity contribution is -0.120. The molecule has 0 saturated carbocycles. The molecule has 1 aromatic heterocycles. The number of nitrogens with one attached hydrogen (secondary N) is 1. The smallest absolute Gasteiger partial charge is 0.248 e. The van der Waals surface area contributed by atoms with Gasteiger partial charge in [-0.05, 0) is 38.8 Å². The maximum atomic E-state index is 13.4. The molecule has 1 N–H and O–H groups in total. The summed E-state index contributed by atoms with van der Waals surface area (Å²) >= 11 is 0. The number of ether oxygens (including phenoxy) is 1. The fourth-order valence-electron chi connectivity index (χ4n) is 3.61. The van der Waals surface area contributed by atoms with Crippen molar-refractivity contribution in [2.75, 3.05) is 39.1 Å². The molecule has 1 aliphatic rings. The lowest BCUT2D eigenvalue weighted by Crippen LogP contribution is -2.44. The van der Waals surface area contributed by atoms with Gasteiger partial charge in [0.25, 0.3) is 0 Å². The quantitative estimate of drug-likeness (QED) is 0.643. The van der Waals surface area contributed by atoms with Crippen LogP contribution < -0.4 is 10.1 Å². The Hall–Kier alpha value is -2.85. The number of benzene rings is 1. The van der Waals surface area contributed by atoms with Crippen molar-refractivity contribution in [2.24, 2.45) is 5.92 Å². The van der Waals surface area contributed by atoms with Gasteiger partial charge in [0.05, 0.1) is 18.2 Å². The number of hydrogen-bond donors (Lipinski definition) is 1. The van der Waals surface area contributed by atoms with Gasteiger partial charge in [-0.1, -0.05) is 17.3 Å². The minimum Gasteiger partial charge on any atom is -0.492 e. The van der Waals surface area contributed by atoms with E-state index in [0.717, 1.165) is 0 Å². The van der Waals surface area contributed by atoms with E-state index < -0.39 is 15.9 Å². The highest BCUT2D eigenvalue weighted by molar-refractivity contribution is 7.89. The number of piperidine rings is 1. The van der Waals surface area contributed by atoms with E-state index in [4.69, 9.17) is 9.26 Å². The lowest BCUT2D eigenvalue weighted by atomic mass is 9.98. The van der Waals surface area contributed by atoms with Crippen LogP contribution in [0.2, 0.25) is 0 Å². The number of carbonyl (C=O) groups excluding carboxylic acids is 1. The molecule has 1 saturated heterocycles. The average molecular weight is 463 g/mol. The first-order valence-corrected chi connectivity index (χ1v) is 12.0. The van der Waals surface area contributed by atoms with Gasteiger partial charge in [0.1, 0.15) is 11.4 Å². The molecule has 0 aliphatic carbocycles. The number of carbonyl (C=O) groups is 1. The molecule has 0 radical (unpaired) electrons. The number of amides is 1. The van der Waals surface area contributed by atoms with Crippen LogP contribution in [-0.2, 0) is 14.8 Å². The first-order chi connectivity index (χ1) is 15.2. The third-order valence-electron chi connectivity index (χ3n) is 5.15. The van der Waals surface area contributed by atoms with Crippen molar-refractivity contribution < 1.29 is 22.5 Å². The predicted molar refractivity (Wildman–Crippen MR) is 122 cm³/mol. The summed E-state index contributed by atoms with van der Waals surface area (Å²) < 4.78 is 39.0. The Balaban J connectivity index is 1.79. The van der Waals surface area contributed by atoms with E-state index in [-0.39, 0.29) is 23.1 Å². The van der Waals surface area contributed by atoms with Gasteiger partial charge in [-0.2, -0.15) is 4.31 Å². The molecule has 2 heterocycles. The topological polar surface area (TPSA) is 105 Å². The van der Waals surface area contributed by atoms with Crippen molar-refractivity contribution in [1.29, 1.82) is 0 Å². The van der Waals surface area contributed by atoms with Gasteiger partial charge < -0.3 is 19.5 Å². The van der Waals surface area contributed by atoms with Crippen LogP contribution in [0, 0.1) is 12.8 Å². The van der Waals surface area contributed by atoms with Crippen LogP contribution in [-0.4, -0.2) is 62.5 Å². The zero-order valence-electron chi connectivity index (χ0n) is 18.9. The van der Waals surface area contributed by atoms with Crippen molar-refractivity contribution in [1.82, 2.24) is 14.4 Å². The summed E-state index contributed by atoms with van der Waals surface area (Å²) in [6.07, 6.45) is 4.45. The van der Waals surface area contributed by atoms with Gasteiger partial charge in [-0.15, -0.1) is 0 Å². The van der Waals surface area contributed by atoms with E-state index >= 15 is 0 Å². The molecule has 9 nitrogen and oxygen atoms in total. The summed E-state index contributed by atoms with van der Waals surface area (Å²) in [7, 11) is -0.232. The molecule has 1 fully saturated rings. The third kappa shape index (κ3) is 5.31. The Labute approximate surface area is 189 Å². The standard InChI is InChI=1S/C22H30N4O5S/c1-5-30-19-11-7-6-10-18(19)23-22(27)17-9-8-13-26(15-17)32(28,29)21-16(2)24-31-20(21)12-14-25(3)4/h6-7,10-12,14,17H,5,8-9,13,15H2,1-4H3,(H,23,27)/b14-12+/t17-/m1/s1. The summed E-state index contributed by atoms with van der Waals surface area (Å²) in [5, 5.41) is 6.74. The van der Waals surface area contributed by atoms with Crippen LogP contribution in [0.15, 0.2) is 39.9 Å². The fourth-order valence-corrected chi connectivity index (χ4v) is 5.38. The minimum absolute atomic E-state index is 0.0401. The zero-order chi connectivity index (χ0) is 23.3. The molecule has 0 unspecified atom stereocenters. The monoisotopic (exact) mass is 462 g/mol. The van der Waals surface area contributed by atoms with E-state index in [1.165, 1.54) is 4.31 Å². The molecule has 1 aliphatic heterocycles. The lowest BCUT2D eigenvalue weighted by Gasteiger charge is -2.31. The summed E-state index contributed by atoms with van der Waals surface area (Å²) in [5.41, 5.74) is 0.867. The number of nitrogens with zero attached hydrogens (tertiary/aromatic N) is 3. The SMILES string of the molecule is CCOc1ccccc1NC(=O)[C@@H]1CCCN(S(=O)(=O)c2c(C)noc2/C=C/N(C)C)C1. The number of sulfonamides is 1. The summed E-state index contributed by atoms with van der Waals surface area (Å²) in [5.74, 6) is 0.0513. The molecule has 10 heteroatoms. The summed E-state index contributed by atoms with van der Waals surface area (Å²) in [6.45, 7) is 4.37. The Kier molecular flexibility index (Phi) is 7.57. The molecule has 3 rings (SSSR count). The van der Waals surface area contributed by atoms with Crippen LogP contribution in [0.5, 0.6) is 5.75 Å². The Morgan fingerprint density at radius 2 is 2.12 bits per heavy atom. The van der Waals surface area contributed by atoms with Crippen LogP contribution >= 0.6 is 0 Å². The molecule has 0 spiro atoms. The van der Waals surface area contributed by atoms with Crippen molar-refractivity contribution in [3.8, 4) is 5.75 Å². The van der Waals surface area contributed by atoms with Gasteiger partial charge in [0, 0.05) is 39.5 Å². The highest BCUT2D eigenvalue weighted by atomic mass is 32.2. The van der Waals surface area contributed by atoms with E-state index in [9.17, 15) is 13.2 Å². The van der Waals surface area contributed by atoms with Gasteiger partial charge in [0.2, 0.25) is 15.9 Å². The van der Waals surface area contributed by atoms with E-state index in [0.29, 0.717) is 43.1 Å². The van der Waals surface area contributed by atoms with Crippen molar-refractivity contribution >= 4 is 27.7 Å². The van der Waals surface area contributed by atoms with E-state index in [2.05, 4.69) is 10.5 Å². The minimum atomic E-state index is -3.88. The normalized spacial score (nSPS) is 17.4. The van der Waals surface area contributed by atoms with Crippen molar-refractivity contribution in [3.63, 3.8) is 0 Å². The fraction of sp³-hybridized carbons (Fsp3) is 0.455. The van der Waals surface area contributed by atoms with E-state index in [1.54, 1.807) is 36.2 Å². The molecule has 1 amide bonds. The van der Waals surface area contributed by atoms with Crippen LogP contribution in [0.4, 0.5) is 5.69 Å². The second-order valence-corrected chi connectivity index (χ2v) is 9.74. The molecule has 174 valence electrons.